The second-order valence-electron chi connectivity index (χ2n) is 5.75. The van der Waals surface area contributed by atoms with Gasteiger partial charge in [0.05, 0.1) is 0 Å². The predicted molar refractivity (Wildman–Crippen MR) is 101 cm³/mol. The Morgan fingerprint density at radius 1 is 1.28 bits per heavy atom. The summed E-state index contributed by atoms with van der Waals surface area (Å²) in [4.78, 5) is 6.26. The summed E-state index contributed by atoms with van der Waals surface area (Å²) in [6.07, 6.45) is 3.58. The molecule has 1 fully saturated rings. The zero-order valence-corrected chi connectivity index (χ0v) is 15.0. The first-order valence-corrected chi connectivity index (χ1v) is 9.20. The van der Waals surface area contributed by atoms with Crippen LogP contribution in [0, 0.1) is 0 Å². The minimum atomic E-state index is 0.439. The molecule has 0 radical (unpaired) electrons. The summed E-state index contributed by atoms with van der Waals surface area (Å²) in [6, 6.07) is 6.19. The lowest BCUT2D eigenvalue weighted by Crippen LogP contribution is -2.44. The fourth-order valence-corrected chi connectivity index (χ4v) is 4.25. The molecule has 1 aromatic carbocycles. The molecule has 0 unspecified atom stereocenters. The molecular weight excluding hydrogens is 354 g/mol. The molecule has 1 aliphatic heterocycles. The van der Waals surface area contributed by atoms with Crippen LogP contribution in [0.5, 0.6) is 0 Å². The van der Waals surface area contributed by atoms with Crippen molar-refractivity contribution < 1.29 is 0 Å². The van der Waals surface area contributed by atoms with Crippen molar-refractivity contribution in [3.63, 3.8) is 0 Å². The second kappa shape index (κ2) is 7.12. The van der Waals surface area contributed by atoms with Gasteiger partial charge < -0.3 is 11.1 Å². The third kappa shape index (κ3) is 3.28. The Labute approximate surface area is 154 Å². The highest BCUT2D eigenvalue weighted by atomic mass is 32.2. The van der Waals surface area contributed by atoms with E-state index < -0.39 is 0 Å². The van der Waals surface area contributed by atoms with Crippen molar-refractivity contribution in [3.05, 3.63) is 36.2 Å². The van der Waals surface area contributed by atoms with E-state index in [-0.39, 0.29) is 0 Å². The molecule has 0 atom stereocenters. The van der Waals surface area contributed by atoms with Gasteiger partial charge in [-0.3, -0.25) is 4.98 Å². The fraction of sp³-hybridized carbons (Fsp3) is 0.250. The van der Waals surface area contributed by atoms with Crippen molar-refractivity contribution in [3.8, 4) is 22.5 Å². The fourth-order valence-electron chi connectivity index (χ4n) is 2.67. The number of pyridine rings is 1. The van der Waals surface area contributed by atoms with E-state index >= 15 is 0 Å². The van der Waals surface area contributed by atoms with Crippen LogP contribution >= 0.6 is 24.4 Å². The van der Waals surface area contributed by atoms with Gasteiger partial charge in [-0.1, -0.05) is 6.07 Å². The number of rotatable bonds is 5. The number of hydrogen-bond acceptors (Lipinski definition) is 8. The summed E-state index contributed by atoms with van der Waals surface area (Å²) in [7, 11) is 0. The number of hydrogen-bond donors (Lipinski definition) is 4. The Kier molecular flexibility index (Phi) is 4.71. The van der Waals surface area contributed by atoms with E-state index in [2.05, 4.69) is 43.1 Å². The molecule has 2 aromatic heterocycles. The number of H-pyrrole nitrogens is 1. The number of nitrogens with zero attached hydrogens (tertiary/aromatic N) is 4. The molecule has 1 saturated heterocycles. The highest BCUT2D eigenvalue weighted by Crippen LogP contribution is 2.41. The lowest BCUT2D eigenvalue weighted by atomic mass is 9.99. The van der Waals surface area contributed by atoms with Crippen molar-refractivity contribution in [2.75, 3.05) is 13.1 Å². The number of aromatic amines is 1. The average molecular weight is 371 g/mol. The first-order valence-electron chi connectivity index (χ1n) is 7.88. The van der Waals surface area contributed by atoms with Crippen LogP contribution in [0.3, 0.4) is 0 Å². The first kappa shape index (κ1) is 16.5. The summed E-state index contributed by atoms with van der Waals surface area (Å²) in [5.74, 6) is 0.521. The molecule has 0 bridgehead atoms. The van der Waals surface area contributed by atoms with Crippen molar-refractivity contribution in [1.82, 2.24) is 30.9 Å². The van der Waals surface area contributed by atoms with Gasteiger partial charge in [0.1, 0.15) is 0 Å². The molecule has 4 rings (SSSR count). The van der Waals surface area contributed by atoms with Gasteiger partial charge in [-0.05, 0) is 28.5 Å². The van der Waals surface area contributed by atoms with Gasteiger partial charge >= 0.3 is 0 Å². The molecule has 3 aromatic rings. The van der Waals surface area contributed by atoms with E-state index in [0.717, 1.165) is 45.1 Å². The lowest BCUT2D eigenvalue weighted by molar-refractivity contribution is 0.543. The molecular formula is C16H17N7S2. The van der Waals surface area contributed by atoms with Gasteiger partial charge in [-0.25, -0.2) is 0 Å². The summed E-state index contributed by atoms with van der Waals surface area (Å²) in [5.41, 5.74) is 9.50. The number of nitrogens with one attached hydrogen (secondary N) is 2. The Morgan fingerprint density at radius 2 is 2.16 bits per heavy atom. The van der Waals surface area contributed by atoms with Gasteiger partial charge in [-0.15, -0.1) is 34.6 Å². The maximum Gasteiger partial charge on any atom is 0.206 e. The molecule has 0 amide bonds. The van der Waals surface area contributed by atoms with Crippen LogP contribution in [-0.2, 0) is 6.54 Å². The van der Waals surface area contributed by atoms with E-state index in [1.165, 1.54) is 0 Å². The maximum atomic E-state index is 5.76. The standard InChI is InChI=1S/C16H17N7S2/c17-4-9-3-10(6-18-5-9)12-1-2-13(25-11-7-19-8-11)15(24)14(12)16-20-22-23-21-16/h1-3,5-6,11,19,24H,4,7-8,17H2,(H,20,21,22,23). The third-order valence-corrected chi connectivity index (χ3v) is 5.97. The first-order chi connectivity index (χ1) is 12.3. The maximum absolute atomic E-state index is 5.76. The van der Waals surface area contributed by atoms with Crippen LogP contribution in [0.1, 0.15) is 5.56 Å². The average Bonchev–Trinajstić information content (AvgIpc) is 3.13. The third-order valence-electron chi connectivity index (χ3n) is 4.09. The minimum Gasteiger partial charge on any atom is -0.326 e. The van der Waals surface area contributed by atoms with Gasteiger partial charge in [-0.2, -0.15) is 5.21 Å². The molecule has 9 heteroatoms. The Bertz CT molecular complexity index is 878. The van der Waals surface area contributed by atoms with Crippen LogP contribution in [0.15, 0.2) is 40.4 Å². The zero-order valence-electron chi connectivity index (χ0n) is 13.3. The predicted octanol–water partition coefficient (Wildman–Crippen LogP) is 1.74. The quantitative estimate of drug-likeness (QED) is 0.506. The van der Waals surface area contributed by atoms with E-state index in [1.807, 2.05) is 24.0 Å². The number of tetrazole rings is 1. The second-order valence-corrected chi connectivity index (χ2v) is 7.54. The summed E-state index contributed by atoms with van der Waals surface area (Å²) in [6.45, 7) is 2.47. The highest BCUT2D eigenvalue weighted by molar-refractivity contribution is 8.00. The molecule has 0 saturated carbocycles. The summed E-state index contributed by atoms with van der Waals surface area (Å²) in [5, 5.41) is 18.4. The lowest BCUT2D eigenvalue weighted by Gasteiger charge is -2.27. The number of thiol groups is 1. The van der Waals surface area contributed by atoms with Crippen LogP contribution in [0.25, 0.3) is 22.5 Å². The van der Waals surface area contributed by atoms with Gasteiger partial charge in [0, 0.05) is 58.2 Å². The normalized spacial score (nSPS) is 14.5. The van der Waals surface area contributed by atoms with Crippen LogP contribution in [0.2, 0.25) is 0 Å². The smallest absolute Gasteiger partial charge is 0.206 e. The Hall–Kier alpha value is -1.94. The van der Waals surface area contributed by atoms with Gasteiger partial charge in [0.15, 0.2) is 0 Å². The van der Waals surface area contributed by atoms with E-state index in [0.29, 0.717) is 17.6 Å². The molecule has 0 aliphatic carbocycles. The van der Waals surface area contributed by atoms with Crippen molar-refractivity contribution in [2.24, 2.45) is 5.73 Å². The van der Waals surface area contributed by atoms with Crippen LogP contribution in [-0.4, -0.2) is 43.9 Å². The molecule has 0 spiro atoms. The SMILES string of the molecule is NCc1cncc(-c2ccc(SC3CNC3)c(S)c2-c2nn[nH]n2)c1. The molecule has 4 N–H and O–H groups in total. The van der Waals surface area contributed by atoms with Gasteiger partial charge in [0.2, 0.25) is 5.82 Å². The van der Waals surface area contributed by atoms with E-state index in [1.54, 1.807) is 6.20 Å². The monoisotopic (exact) mass is 371 g/mol. The zero-order chi connectivity index (χ0) is 17.2. The minimum absolute atomic E-state index is 0.439. The van der Waals surface area contributed by atoms with E-state index in [4.69, 9.17) is 18.4 Å². The molecule has 1 aliphatic rings. The van der Waals surface area contributed by atoms with Crippen LogP contribution in [0.4, 0.5) is 0 Å². The summed E-state index contributed by atoms with van der Waals surface area (Å²) < 4.78 is 0. The molecule has 7 nitrogen and oxygen atoms in total. The Morgan fingerprint density at radius 3 is 2.84 bits per heavy atom. The molecule has 3 heterocycles. The topological polar surface area (TPSA) is 105 Å². The molecule has 25 heavy (non-hydrogen) atoms. The van der Waals surface area contributed by atoms with Crippen LogP contribution < -0.4 is 11.1 Å². The van der Waals surface area contributed by atoms with Gasteiger partial charge in [0.25, 0.3) is 0 Å². The number of benzene rings is 1. The number of nitrogens with two attached hydrogens (primary N) is 1. The number of thioether (sulfide) groups is 1. The van der Waals surface area contributed by atoms with Crippen molar-refractivity contribution in [1.29, 1.82) is 0 Å². The molecule has 128 valence electrons. The summed E-state index contributed by atoms with van der Waals surface area (Å²) >= 11 is 6.62. The highest BCUT2D eigenvalue weighted by Gasteiger charge is 2.23. The largest absolute Gasteiger partial charge is 0.326 e. The van der Waals surface area contributed by atoms with Crippen molar-refractivity contribution in [2.45, 2.75) is 21.6 Å². The van der Waals surface area contributed by atoms with Crippen molar-refractivity contribution >= 4 is 24.4 Å². The number of aromatic nitrogens is 5. The Balaban J connectivity index is 1.84. The van der Waals surface area contributed by atoms with E-state index in [9.17, 15) is 0 Å².